The molecule has 0 aromatic heterocycles. The summed E-state index contributed by atoms with van der Waals surface area (Å²) in [7, 11) is 1.34. The Kier molecular flexibility index (Phi) is 50.8. The van der Waals surface area contributed by atoms with Crippen molar-refractivity contribution in [3.05, 3.63) is 531 Å². The van der Waals surface area contributed by atoms with Crippen LogP contribution in [-0.4, -0.2) is 13.1 Å². The SMILES string of the molecule is C=COC(C)(C)c1ccccc1.C=COc1cc(C)cc(C)c1.C=COc1ccc(C(=O)OC)cc1.C=COc1ccc(C(C)(C)C)cc1.C=COc1ccc(C(C)(C)CC(C)(C)C)cc1.C=COc1ccc(C(C)(C)c2ccc(OC=C)cc2)cc1.C=COc1ccc(C(C)(C)c2ccccc2)cc1.C=COc1ccc(OC=C)cc1.C=COc1ccc2ccccc2c1.C=COc1ccccc1. The molecule has 0 aliphatic heterocycles. The van der Waals surface area contributed by atoms with Crippen LogP contribution in [-0.2, 0) is 36.7 Å². The number of para-hydroxylation sites is 1. The Bertz CT molecular complexity index is 5720. The molecule has 0 fully saturated rings. The summed E-state index contributed by atoms with van der Waals surface area (Å²) in [6.45, 7) is 77.0. The lowest BCUT2D eigenvalue weighted by Gasteiger charge is -2.33. The van der Waals surface area contributed by atoms with Gasteiger partial charge < -0.3 is 61.6 Å². The molecule has 0 atom stereocenters. The van der Waals surface area contributed by atoms with Crippen molar-refractivity contribution in [2.75, 3.05) is 7.11 Å². The molecular weight excluding hydrogens is 1730 g/mol. The van der Waals surface area contributed by atoms with Gasteiger partial charge >= 0.3 is 5.97 Å². The molecule has 0 heterocycles. The maximum atomic E-state index is 11.0. The van der Waals surface area contributed by atoms with Gasteiger partial charge in [-0.15, -0.1) is 0 Å². The number of fused-ring (bicyclic) bond motifs is 1. The lowest BCUT2D eigenvalue weighted by Crippen LogP contribution is -2.24. The molecule has 726 valence electrons. The number of esters is 1. The van der Waals surface area contributed by atoms with E-state index in [2.05, 4.69) is 270 Å². The molecule has 0 N–H and O–H groups in total. The molecule has 0 amide bonds. The number of carbonyl (C=O) groups is 1. The summed E-state index contributed by atoms with van der Waals surface area (Å²) in [6, 6.07) is 105. The van der Waals surface area contributed by atoms with Gasteiger partial charge in [-0.1, -0.05) is 338 Å². The van der Waals surface area contributed by atoms with Gasteiger partial charge in [-0.2, -0.15) is 0 Å². The lowest BCUT2D eigenvalue weighted by atomic mass is 9.72. The van der Waals surface area contributed by atoms with E-state index in [9.17, 15) is 4.79 Å². The Morgan fingerprint density at radius 3 is 0.806 bits per heavy atom. The number of carbonyl (C=O) groups excluding carboxylic acids is 1. The van der Waals surface area contributed by atoms with Gasteiger partial charge in [0.15, 0.2) is 0 Å². The molecular formula is C125H142O14. The number of hydrogen-bond acceptors (Lipinski definition) is 14. The van der Waals surface area contributed by atoms with Crippen molar-refractivity contribution in [1.82, 2.24) is 0 Å². The van der Waals surface area contributed by atoms with E-state index in [1.165, 1.54) is 138 Å². The van der Waals surface area contributed by atoms with Gasteiger partial charge in [-0.25, -0.2) is 4.79 Å². The summed E-state index contributed by atoms with van der Waals surface area (Å²) in [4.78, 5) is 11.0. The van der Waals surface area contributed by atoms with Crippen LogP contribution in [0.25, 0.3) is 10.8 Å². The average Bonchev–Trinajstić information content (AvgIpc) is 0.807. The van der Waals surface area contributed by atoms with Crippen LogP contribution in [0.15, 0.2) is 476 Å². The monoisotopic (exact) mass is 1870 g/mol. The van der Waals surface area contributed by atoms with Crippen LogP contribution in [0.1, 0.15) is 164 Å². The summed E-state index contributed by atoms with van der Waals surface area (Å²) < 4.78 is 66.4. The Morgan fingerprint density at radius 2 is 0.496 bits per heavy atom. The number of ether oxygens (including phenoxy) is 13. The van der Waals surface area contributed by atoms with Crippen molar-refractivity contribution < 1.29 is 66.4 Å². The lowest BCUT2D eigenvalue weighted by molar-refractivity contribution is 0.0559. The van der Waals surface area contributed by atoms with Crippen molar-refractivity contribution >= 4 is 16.7 Å². The molecule has 0 aliphatic carbocycles. The second-order valence-electron chi connectivity index (χ2n) is 35.0. The summed E-state index contributed by atoms with van der Waals surface area (Å²) in [5.41, 5.74) is 12.1. The van der Waals surface area contributed by atoms with E-state index in [-0.39, 0.29) is 33.2 Å². The highest BCUT2D eigenvalue weighted by atomic mass is 16.5. The fourth-order valence-corrected chi connectivity index (χ4v) is 13.8. The van der Waals surface area contributed by atoms with Gasteiger partial charge in [-0.05, 0) is 257 Å². The minimum atomic E-state index is -0.356. The third-order valence-electron chi connectivity index (χ3n) is 20.6. The van der Waals surface area contributed by atoms with Gasteiger partial charge in [-0.3, -0.25) is 0 Å². The molecule has 0 saturated carbocycles. The van der Waals surface area contributed by atoms with Gasteiger partial charge in [0.25, 0.3) is 0 Å². The maximum absolute atomic E-state index is 11.0. The Labute approximate surface area is 829 Å². The number of hydrogen-bond donors (Lipinski definition) is 0. The Morgan fingerprint density at radius 1 is 0.245 bits per heavy atom. The first-order valence-corrected chi connectivity index (χ1v) is 45.2. The van der Waals surface area contributed by atoms with Crippen LogP contribution in [0, 0.1) is 19.3 Å². The van der Waals surface area contributed by atoms with E-state index in [4.69, 9.17) is 56.8 Å². The quantitative estimate of drug-likeness (QED) is 0.0292. The van der Waals surface area contributed by atoms with Gasteiger partial charge in [0.05, 0.1) is 87.8 Å². The van der Waals surface area contributed by atoms with Crippen molar-refractivity contribution in [2.24, 2.45) is 5.41 Å². The topological polar surface area (TPSA) is 137 Å². The first kappa shape index (κ1) is 115. The van der Waals surface area contributed by atoms with E-state index in [1.807, 2.05) is 198 Å². The first-order chi connectivity index (χ1) is 66.4. The molecule has 139 heavy (non-hydrogen) atoms. The van der Waals surface area contributed by atoms with Crippen molar-refractivity contribution in [3.8, 4) is 63.2 Å². The summed E-state index contributed by atoms with van der Waals surface area (Å²) in [5, 5.41) is 2.40. The third-order valence-corrected chi connectivity index (χ3v) is 20.6. The molecule has 0 radical (unpaired) electrons. The van der Waals surface area contributed by atoms with Crippen molar-refractivity contribution in [2.45, 2.75) is 144 Å². The standard InChI is InChI=1S/C19H20O2.C17H18O.C16H24O.C12H10O.C12H16O.C11H14O.C10H10O3.C10H10O2.C10H12O.C8H8O/c1-5-20-17-11-7-15(8-12-17)19(3,4)16-9-13-18(14-10-16)21-6-2;1-4-18-16-12-10-15(11-13-16)17(2,3)14-8-6-5-7-9-14;1-7-17-14-10-8-13(9-11-14)16(5,6)12-15(2,3)4;1-2-13-12-8-7-10-5-3-4-6-11(10)9-12;1-5-13-11-8-6-10(7-9-11)12(2,3)4;1-4-12-11(2,3)10-8-6-5-7-9-10;1-3-13-9-6-4-8(5-7-9)10(11)12-2;1-3-11-9-5-7-10(8-6-9)12-4-2;1-4-11-10-6-8(2)5-9(3)7-10;1-2-9-8-6-4-3-5-7-8/h5-14H,1-2H2,3-4H3;4-13H,1H2,2-3H3;7-11H,1,12H2,2-6H3;2-9H,1H2;5-9H,1H2,2-4H3;4-9H,1H2,2-3H3;3-7H,1H2,2H3;3-8H,1-2H2;4-7H,1H2,2-3H3;2-7H,1H2. The van der Waals surface area contributed by atoms with Crippen LogP contribution in [0.2, 0.25) is 0 Å². The molecule has 13 rings (SSSR count). The van der Waals surface area contributed by atoms with Gasteiger partial charge in [0.2, 0.25) is 0 Å². The van der Waals surface area contributed by atoms with Crippen molar-refractivity contribution in [3.63, 3.8) is 0 Å². The number of benzene rings is 13. The minimum Gasteiger partial charge on any atom is -0.491 e. The Balaban J connectivity index is 0.000000325. The third kappa shape index (κ3) is 43.5. The number of rotatable bonds is 32. The minimum absolute atomic E-state index is 0.00598. The predicted molar refractivity (Wildman–Crippen MR) is 579 cm³/mol. The predicted octanol–water partition coefficient (Wildman–Crippen LogP) is 34.2. The second-order valence-corrected chi connectivity index (χ2v) is 35.0. The molecule has 0 spiro atoms. The van der Waals surface area contributed by atoms with E-state index in [0.29, 0.717) is 16.7 Å². The Hall–Kier alpha value is -15.9. The molecule has 0 unspecified atom stereocenters. The highest BCUT2D eigenvalue weighted by Crippen LogP contribution is 2.39. The first-order valence-electron chi connectivity index (χ1n) is 45.2. The van der Waals surface area contributed by atoms with Crippen LogP contribution in [0.4, 0.5) is 0 Å². The van der Waals surface area contributed by atoms with Gasteiger partial charge in [0, 0.05) is 10.8 Å². The molecule has 0 bridgehead atoms. The van der Waals surface area contributed by atoms with E-state index in [1.54, 1.807) is 48.5 Å². The molecule has 13 aromatic rings. The number of methoxy groups -OCH3 is 1. The highest BCUT2D eigenvalue weighted by molar-refractivity contribution is 5.89. The van der Waals surface area contributed by atoms with E-state index in [0.717, 1.165) is 69.5 Å². The van der Waals surface area contributed by atoms with E-state index < -0.39 is 0 Å². The zero-order valence-corrected chi connectivity index (χ0v) is 84.4. The molecule has 13 aromatic carbocycles. The highest BCUT2D eigenvalue weighted by Gasteiger charge is 2.28. The second kappa shape index (κ2) is 61.1. The van der Waals surface area contributed by atoms with Crippen LogP contribution in [0.5, 0.6) is 63.2 Å². The molecule has 14 heteroatoms. The fraction of sp³-hybridized carbons (Fsp3) is 0.192. The van der Waals surface area contributed by atoms with Crippen LogP contribution in [0.3, 0.4) is 0 Å². The smallest absolute Gasteiger partial charge is 0.337 e. The zero-order valence-electron chi connectivity index (χ0n) is 84.4. The normalized spacial score (nSPS) is 10.3. The summed E-state index contributed by atoms with van der Waals surface area (Å²) in [6.07, 6.45) is 18.2. The maximum Gasteiger partial charge on any atom is 0.337 e. The zero-order chi connectivity index (χ0) is 103. The van der Waals surface area contributed by atoms with Crippen molar-refractivity contribution in [1.29, 1.82) is 0 Å². The summed E-state index contributed by atoms with van der Waals surface area (Å²) >= 11 is 0. The number of aryl methyl sites for hydroxylation is 2. The molecule has 14 nitrogen and oxygen atoms in total. The van der Waals surface area contributed by atoms with Gasteiger partial charge in [0.1, 0.15) is 68.8 Å². The average molecular weight is 1870 g/mol. The van der Waals surface area contributed by atoms with E-state index >= 15 is 0 Å². The largest absolute Gasteiger partial charge is 0.491 e. The molecule has 0 aliphatic rings. The molecule has 0 saturated heterocycles. The fourth-order valence-electron chi connectivity index (χ4n) is 13.8. The summed E-state index contributed by atoms with van der Waals surface area (Å²) in [5.74, 6) is 8.35. The van der Waals surface area contributed by atoms with Crippen LogP contribution >= 0.6 is 0 Å². The van der Waals surface area contributed by atoms with Crippen LogP contribution < -0.4 is 52.1 Å².